The normalized spacial score (nSPS) is 22.6. The molecule has 0 radical (unpaired) electrons. The number of aliphatic imine (C=N–C) groups is 1. The number of nitrogens with zero attached hydrogens (tertiary/aromatic N) is 1. The highest BCUT2D eigenvalue weighted by atomic mass is 16.5. The van der Waals surface area contributed by atoms with Crippen molar-refractivity contribution < 1.29 is 14.6 Å². The topological polar surface area (TPSA) is 58.9 Å². The lowest BCUT2D eigenvalue weighted by Gasteiger charge is -1.96. The number of carboxylic acids is 1. The second-order valence-corrected chi connectivity index (χ2v) is 2.58. The Morgan fingerprint density at radius 2 is 2.64 bits per heavy atom. The standard InChI is InChI=1S/C7H11NO3/c1-5-4-11-6(8-5)2-3-7(9)10/h5H,2-4H2,1H3,(H,9,10). The quantitative estimate of drug-likeness (QED) is 0.655. The van der Waals surface area contributed by atoms with Gasteiger partial charge in [0, 0.05) is 6.42 Å². The highest BCUT2D eigenvalue weighted by Crippen LogP contribution is 2.07. The Morgan fingerprint density at radius 1 is 1.91 bits per heavy atom. The van der Waals surface area contributed by atoms with E-state index in [1.54, 1.807) is 0 Å². The lowest BCUT2D eigenvalue weighted by molar-refractivity contribution is -0.136. The van der Waals surface area contributed by atoms with E-state index in [-0.39, 0.29) is 12.5 Å². The molecule has 0 saturated carbocycles. The Hall–Kier alpha value is -1.06. The number of carboxylic acid groups (broad SMARTS) is 1. The molecule has 4 heteroatoms. The van der Waals surface area contributed by atoms with Crippen molar-refractivity contribution in [3.63, 3.8) is 0 Å². The number of aliphatic carboxylic acids is 1. The summed E-state index contributed by atoms with van der Waals surface area (Å²) in [6.45, 7) is 2.53. The fourth-order valence-electron chi connectivity index (χ4n) is 0.888. The van der Waals surface area contributed by atoms with Gasteiger partial charge in [0.2, 0.25) is 0 Å². The van der Waals surface area contributed by atoms with Crippen LogP contribution in [-0.4, -0.2) is 29.6 Å². The maximum absolute atomic E-state index is 10.1. The molecule has 0 fully saturated rings. The maximum Gasteiger partial charge on any atom is 0.303 e. The molecule has 0 spiro atoms. The number of rotatable bonds is 3. The Labute approximate surface area is 64.9 Å². The minimum atomic E-state index is -0.809. The van der Waals surface area contributed by atoms with E-state index >= 15 is 0 Å². The first-order chi connectivity index (χ1) is 5.18. The zero-order valence-electron chi connectivity index (χ0n) is 6.41. The molecule has 1 rings (SSSR count). The van der Waals surface area contributed by atoms with Gasteiger partial charge in [-0.25, -0.2) is 4.99 Å². The van der Waals surface area contributed by atoms with Crippen molar-refractivity contribution in [2.75, 3.05) is 6.61 Å². The molecule has 0 amide bonds. The van der Waals surface area contributed by atoms with Gasteiger partial charge in [0.1, 0.15) is 6.61 Å². The number of hydrogen-bond acceptors (Lipinski definition) is 3. The van der Waals surface area contributed by atoms with Crippen LogP contribution in [0.5, 0.6) is 0 Å². The molecule has 1 heterocycles. The molecule has 0 aliphatic carbocycles. The van der Waals surface area contributed by atoms with E-state index in [1.165, 1.54) is 0 Å². The van der Waals surface area contributed by atoms with Gasteiger partial charge in [-0.05, 0) is 6.92 Å². The van der Waals surface area contributed by atoms with Crippen molar-refractivity contribution in [1.82, 2.24) is 0 Å². The van der Waals surface area contributed by atoms with Gasteiger partial charge in [-0.2, -0.15) is 0 Å². The molecule has 11 heavy (non-hydrogen) atoms. The molecule has 0 aromatic rings. The Bertz CT molecular complexity index is 188. The van der Waals surface area contributed by atoms with E-state index in [1.807, 2.05) is 6.92 Å². The van der Waals surface area contributed by atoms with Crippen molar-refractivity contribution in [3.8, 4) is 0 Å². The average molecular weight is 157 g/mol. The van der Waals surface area contributed by atoms with E-state index in [0.29, 0.717) is 18.9 Å². The molecule has 1 atom stereocenters. The van der Waals surface area contributed by atoms with Crippen molar-refractivity contribution in [1.29, 1.82) is 0 Å². The third-order valence-electron chi connectivity index (χ3n) is 1.41. The van der Waals surface area contributed by atoms with E-state index in [0.717, 1.165) is 0 Å². The average Bonchev–Trinajstić information content (AvgIpc) is 2.31. The summed E-state index contributed by atoms with van der Waals surface area (Å²) in [4.78, 5) is 14.2. The van der Waals surface area contributed by atoms with Gasteiger partial charge >= 0.3 is 5.97 Å². The van der Waals surface area contributed by atoms with Crippen molar-refractivity contribution in [3.05, 3.63) is 0 Å². The van der Waals surface area contributed by atoms with E-state index in [9.17, 15) is 4.79 Å². The van der Waals surface area contributed by atoms with Gasteiger partial charge in [-0.1, -0.05) is 0 Å². The summed E-state index contributed by atoms with van der Waals surface area (Å²) in [5, 5.41) is 8.33. The SMILES string of the molecule is CC1COC(CCC(=O)O)=N1. The van der Waals surface area contributed by atoms with E-state index < -0.39 is 5.97 Å². The van der Waals surface area contributed by atoms with Crippen LogP contribution in [0.3, 0.4) is 0 Å². The smallest absolute Gasteiger partial charge is 0.303 e. The zero-order valence-corrected chi connectivity index (χ0v) is 6.41. The van der Waals surface area contributed by atoms with Gasteiger partial charge in [-0.15, -0.1) is 0 Å². The summed E-state index contributed by atoms with van der Waals surface area (Å²) in [6, 6.07) is 0.193. The molecule has 0 aromatic carbocycles. The van der Waals surface area contributed by atoms with Crippen molar-refractivity contribution >= 4 is 11.9 Å². The van der Waals surface area contributed by atoms with Gasteiger partial charge in [0.15, 0.2) is 5.90 Å². The third kappa shape index (κ3) is 2.57. The Balaban J connectivity index is 2.27. The molecule has 1 N–H and O–H groups in total. The van der Waals surface area contributed by atoms with E-state index in [4.69, 9.17) is 9.84 Å². The largest absolute Gasteiger partial charge is 0.481 e. The molecular weight excluding hydrogens is 146 g/mol. The Morgan fingerprint density at radius 3 is 3.09 bits per heavy atom. The van der Waals surface area contributed by atoms with Crippen LogP contribution in [0.15, 0.2) is 4.99 Å². The predicted octanol–water partition coefficient (Wildman–Crippen LogP) is 0.668. The molecule has 0 aromatic heterocycles. The van der Waals surface area contributed by atoms with Gasteiger partial charge in [-0.3, -0.25) is 4.79 Å². The number of ether oxygens (including phenoxy) is 1. The van der Waals surface area contributed by atoms with Crippen LogP contribution < -0.4 is 0 Å². The molecule has 1 unspecified atom stereocenters. The minimum Gasteiger partial charge on any atom is -0.481 e. The monoisotopic (exact) mass is 157 g/mol. The third-order valence-corrected chi connectivity index (χ3v) is 1.41. The van der Waals surface area contributed by atoms with Crippen molar-refractivity contribution in [2.45, 2.75) is 25.8 Å². The summed E-state index contributed by atoms with van der Waals surface area (Å²) in [7, 11) is 0. The lowest BCUT2D eigenvalue weighted by atomic mass is 10.3. The van der Waals surface area contributed by atoms with Crippen LogP contribution in [-0.2, 0) is 9.53 Å². The first kappa shape index (κ1) is 8.04. The van der Waals surface area contributed by atoms with E-state index in [2.05, 4.69) is 4.99 Å². The summed E-state index contributed by atoms with van der Waals surface area (Å²) >= 11 is 0. The van der Waals surface area contributed by atoms with Crippen LogP contribution in [0, 0.1) is 0 Å². The molecule has 1 aliphatic rings. The van der Waals surface area contributed by atoms with Gasteiger partial charge in [0.25, 0.3) is 0 Å². The second kappa shape index (κ2) is 3.37. The van der Waals surface area contributed by atoms with Crippen LogP contribution in [0.1, 0.15) is 19.8 Å². The summed E-state index contributed by atoms with van der Waals surface area (Å²) in [5.74, 6) is -0.226. The second-order valence-electron chi connectivity index (χ2n) is 2.58. The molecule has 4 nitrogen and oxygen atoms in total. The summed E-state index contributed by atoms with van der Waals surface area (Å²) < 4.78 is 5.10. The van der Waals surface area contributed by atoms with Crippen LogP contribution in [0.4, 0.5) is 0 Å². The first-order valence-electron chi connectivity index (χ1n) is 3.60. The molecule has 0 saturated heterocycles. The van der Waals surface area contributed by atoms with Gasteiger partial charge < -0.3 is 9.84 Å². The maximum atomic E-state index is 10.1. The van der Waals surface area contributed by atoms with Crippen molar-refractivity contribution in [2.24, 2.45) is 4.99 Å². The first-order valence-corrected chi connectivity index (χ1v) is 3.60. The molecule has 1 aliphatic heterocycles. The lowest BCUT2D eigenvalue weighted by Crippen LogP contribution is -2.03. The molecule has 0 bridgehead atoms. The fourth-order valence-corrected chi connectivity index (χ4v) is 0.888. The molecule has 62 valence electrons. The summed E-state index contributed by atoms with van der Waals surface area (Å²) in [5.41, 5.74) is 0. The minimum absolute atomic E-state index is 0.103. The summed E-state index contributed by atoms with van der Waals surface area (Å²) in [6.07, 6.45) is 0.519. The highest BCUT2D eigenvalue weighted by molar-refractivity contribution is 5.81. The van der Waals surface area contributed by atoms with Crippen LogP contribution in [0.2, 0.25) is 0 Å². The van der Waals surface area contributed by atoms with Gasteiger partial charge in [0.05, 0.1) is 12.5 Å². The molecular formula is C7H11NO3. The zero-order chi connectivity index (χ0) is 8.27. The predicted molar refractivity (Wildman–Crippen MR) is 39.7 cm³/mol. The fraction of sp³-hybridized carbons (Fsp3) is 0.714. The number of carbonyl (C=O) groups is 1. The van der Waals surface area contributed by atoms with Crippen LogP contribution in [0.25, 0.3) is 0 Å². The van der Waals surface area contributed by atoms with Crippen LogP contribution >= 0.6 is 0 Å². The number of hydrogen-bond donors (Lipinski definition) is 1. The Kier molecular flexibility index (Phi) is 2.46. The highest BCUT2D eigenvalue weighted by Gasteiger charge is 2.14.